The Hall–Kier alpha value is -1.06. The van der Waals surface area contributed by atoms with E-state index in [1.165, 1.54) is 0 Å². The second-order valence-corrected chi connectivity index (χ2v) is 3.82. The summed E-state index contributed by atoms with van der Waals surface area (Å²) in [6.07, 6.45) is 0.913. The summed E-state index contributed by atoms with van der Waals surface area (Å²) in [6, 6.07) is 5.20. The van der Waals surface area contributed by atoms with Crippen molar-refractivity contribution in [2.24, 2.45) is 5.73 Å². The molecule has 1 aromatic carbocycles. The minimum Gasteiger partial charge on any atom is -0.368 e. The molecule has 0 fully saturated rings. The number of carbonyl (C=O) groups excluding carboxylic acids is 1. The Bertz CT molecular complexity index is 378. The number of rotatable bonds is 1. The zero-order chi connectivity index (χ0) is 10.1. The normalized spacial score (nSPS) is 20.2. The quantitative estimate of drug-likeness (QED) is 0.727. The van der Waals surface area contributed by atoms with Gasteiger partial charge in [-0.25, -0.2) is 0 Å². The van der Waals surface area contributed by atoms with Crippen molar-refractivity contribution in [1.29, 1.82) is 0 Å². The number of halogens is 1. The molecule has 1 unspecified atom stereocenters. The van der Waals surface area contributed by atoms with Crippen molar-refractivity contribution in [2.75, 3.05) is 6.54 Å². The molecule has 1 aliphatic heterocycles. The highest BCUT2D eigenvalue weighted by atomic mass is 35.5. The zero-order valence-electron chi connectivity index (χ0n) is 7.59. The van der Waals surface area contributed by atoms with Gasteiger partial charge in [0.1, 0.15) is 6.04 Å². The Morgan fingerprint density at radius 1 is 1.57 bits per heavy atom. The van der Waals surface area contributed by atoms with Crippen molar-refractivity contribution < 1.29 is 4.79 Å². The highest BCUT2D eigenvalue weighted by Gasteiger charge is 2.23. The highest BCUT2D eigenvalue weighted by Crippen LogP contribution is 2.25. The van der Waals surface area contributed by atoms with Crippen LogP contribution in [-0.4, -0.2) is 12.5 Å². The first-order valence-corrected chi connectivity index (χ1v) is 4.87. The molecule has 0 radical (unpaired) electrons. The highest BCUT2D eigenvalue weighted by molar-refractivity contribution is 6.30. The van der Waals surface area contributed by atoms with E-state index in [9.17, 15) is 4.79 Å². The van der Waals surface area contributed by atoms with Crippen LogP contribution in [0.5, 0.6) is 0 Å². The van der Waals surface area contributed by atoms with Gasteiger partial charge in [-0.2, -0.15) is 0 Å². The first-order valence-electron chi connectivity index (χ1n) is 4.49. The molecule has 0 aliphatic carbocycles. The van der Waals surface area contributed by atoms with Crippen LogP contribution in [0.15, 0.2) is 18.2 Å². The maximum atomic E-state index is 11.1. The molecular formula is C10H11ClN2O. The summed E-state index contributed by atoms with van der Waals surface area (Å²) in [5.74, 6) is -0.354. The van der Waals surface area contributed by atoms with Gasteiger partial charge in [0.25, 0.3) is 0 Å². The van der Waals surface area contributed by atoms with Crippen LogP contribution < -0.4 is 11.1 Å². The molecule has 1 aliphatic rings. The summed E-state index contributed by atoms with van der Waals surface area (Å²) < 4.78 is 0. The van der Waals surface area contributed by atoms with Crippen molar-refractivity contribution in [3.05, 3.63) is 34.3 Å². The van der Waals surface area contributed by atoms with Gasteiger partial charge in [-0.15, -0.1) is 0 Å². The van der Waals surface area contributed by atoms with E-state index in [2.05, 4.69) is 5.32 Å². The van der Waals surface area contributed by atoms with Crippen LogP contribution in [-0.2, 0) is 11.2 Å². The molecule has 1 heterocycles. The number of nitrogens with two attached hydrogens (primary N) is 1. The molecular weight excluding hydrogens is 200 g/mol. The lowest BCUT2D eigenvalue weighted by Crippen LogP contribution is -2.38. The van der Waals surface area contributed by atoms with Gasteiger partial charge in [0.2, 0.25) is 5.91 Å². The smallest absolute Gasteiger partial charge is 0.239 e. The maximum absolute atomic E-state index is 11.1. The number of fused-ring (bicyclic) bond motifs is 1. The molecule has 1 atom stereocenters. The number of primary amides is 1. The molecule has 0 aromatic heterocycles. The molecule has 4 heteroatoms. The predicted molar refractivity (Wildman–Crippen MR) is 55.1 cm³/mol. The van der Waals surface area contributed by atoms with Crippen LogP contribution in [0.4, 0.5) is 0 Å². The molecule has 3 N–H and O–H groups in total. The van der Waals surface area contributed by atoms with E-state index in [1.807, 2.05) is 12.1 Å². The number of amides is 1. The fourth-order valence-corrected chi connectivity index (χ4v) is 1.96. The van der Waals surface area contributed by atoms with Gasteiger partial charge < -0.3 is 11.1 Å². The van der Waals surface area contributed by atoms with E-state index in [4.69, 9.17) is 17.3 Å². The Labute approximate surface area is 87.2 Å². The van der Waals surface area contributed by atoms with E-state index in [0.29, 0.717) is 5.02 Å². The van der Waals surface area contributed by atoms with Crippen LogP contribution >= 0.6 is 11.6 Å². The third-order valence-corrected chi connectivity index (χ3v) is 2.68. The number of nitrogens with one attached hydrogen (secondary N) is 1. The second-order valence-electron chi connectivity index (χ2n) is 3.38. The summed E-state index contributed by atoms with van der Waals surface area (Å²) in [7, 11) is 0. The summed E-state index contributed by atoms with van der Waals surface area (Å²) in [5.41, 5.74) is 7.35. The lowest BCUT2D eigenvalue weighted by atomic mass is 9.94. The minimum atomic E-state index is -0.391. The number of carbonyl (C=O) groups is 1. The summed E-state index contributed by atoms with van der Waals surface area (Å²) in [6.45, 7) is 0.780. The molecule has 3 nitrogen and oxygen atoms in total. The molecule has 1 amide bonds. The van der Waals surface area contributed by atoms with Crippen LogP contribution in [0.2, 0.25) is 5.02 Å². The van der Waals surface area contributed by atoms with Crippen molar-refractivity contribution in [3.63, 3.8) is 0 Å². The van der Waals surface area contributed by atoms with Gasteiger partial charge >= 0.3 is 0 Å². The third kappa shape index (κ3) is 1.61. The molecule has 2 rings (SSSR count). The second kappa shape index (κ2) is 3.59. The predicted octanol–water partition coefficient (Wildman–Crippen LogP) is 1.01. The lowest BCUT2D eigenvalue weighted by molar-refractivity contribution is -0.120. The van der Waals surface area contributed by atoms with Gasteiger partial charge in [-0.05, 0) is 29.7 Å². The number of benzene rings is 1. The van der Waals surface area contributed by atoms with E-state index in [-0.39, 0.29) is 5.91 Å². The molecule has 14 heavy (non-hydrogen) atoms. The standard InChI is InChI=1S/C10H11ClN2O/c11-7-2-1-6-3-4-13-9(10(12)14)8(6)5-7/h1-2,5,9,13H,3-4H2,(H2,12,14). The lowest BCUT2D eigenvalue weighted by Gasteiger charge is -2.24. The Morgan fingerprint density at radius 3 is 3.07 bits per heavy atom. The number of hydrogen-bond acceptors (Lipinski definition) is 2. The number of hydrogen-bond donors (Lipinski definition) is 2. The molecule has 1 aromatic rings. The maximum Gasteiger partial charge on any atom is 0.239 e. The van der Waals surface area contributed by atoms with Crippen LogP contribution in [0.25, 0.3) is 0 Å². The largest absolute Gasteiger partial charge is 0.368 e. The van der Waals surface area contributed by atoms with Crippen molar-refractivity contribution in [1.82, 2.24) is 5.32 Å². The fourth-order valence-electron chi connectivity index (χ4n) is 1.78. The van der Waals surface area contributed by atoms with Crippen LogP contribution in [0.1, 0.15) is 17.2 Å². The van der Waals surface area contributed by atoms with E-state index in [0.717, 1.165) is 24.1 Å². The van der Waals surface area contributed by atoms with E-state index < -0.39 is 6.04 Å². The topological polar surface area (TPSA) is 55.1 Å². The van der Waals surface area contributed by atoms with Gasteiger partial charge in [0.05, 0.1) is 0 Å². The first-order chi connectivity index (χ1) is 6.68. The van der Waals surface area contributed by atoms with Crippen LogP contribution in [0, 0.1) is 0 Å². The first kappa shape index (κ1) is 9.49. The van der Waals surface area contributed by atoms with E-state index >= 15 is 0 Å². The van der Waals surface area contributed by atoms with Gasteiger partial charge in [0.15, 0.2) is 0 Å². The fraction of sp³-hybridized carbons (Fsp3) is 0.300. The average molecular weight is 211 g/mol. The summed E-state index contributed by atoms with van der Waals surface area (Å²) in [4.78, 5) is 11.1. The van der Waals surface area contributed by atoms with Crippen molar-refractivity contribution >= 4 is 17.5 Å². The molecule has 74 valence electrons. The molecule has 0 bridgehead atoms. The third-order valence-electron chi connectivity index (χ3n) is 2.45. The SMILES string of the molecule is NC(=O)C1NCCc2ccc(Cl)cc21. The molecule has 0 spiro atoms. The zero-order valence-corrected chi connectivity index (χ0v) is 8.34. The minimum absolute atomic E-state index is 0.354. The monoisotopic (exact) mass is 210 g/mol. The Morgan fingerprint density at radius 2 is 2.36 bits per heavy atom. The Balaban J connectivity index is 2.46. The molecule has 0 saturated heterocycles. The van der Waals surface area contributed by atoms with Crippen molar-refractivity contribution in [2.45, 2.75) is 12.5 Å². The van der Waals surface area contributed by atoms with Gasteiger partial charge in [0, 0.05) is 11.6 Å². The van der Waals surface area contributed by atoms with Crippen LogP contribution in [0.3, 0.4) is 0 Å². The molecule has 0 saturated carbocycles. The van der Waals surface area contributed by atoms with E-state index in [1.54, 1.807) is 6.07 Å². The summed E-state index contributed by atoms with van der Waals surface area (Å²) >= 11 is 5.87. The van der Waals surface area contributed by atoms with Gasteiger partial charge in [-0.3, -0.25) is 4.79 Å². The average Bonchev–Trinajstić information content (AvgIpc) is 2.16. The van der Waals surface area contributed by atoms with Gasteiger partial charge in [-0.1, -0.05) is 17.7 Å². The Kier molecular flexibility index (Phi) is 2.44. The summed E-state index contributed by atoms with van der Waals surface area (Å²) in [5, 5.41) is 3.71. The van der Waals surface area contributed by atoms with Crippen molar-refractivity contribution in [3.8, 4) is 0 Å².